The van der Waals surface area contributed by atoms with Crippen LogP contribution in [0.25, 0.3) is 16.7 Å². The summed E-state index contributed by atoms with van der Waals surface area (Å²) in [6, 6.07) is 0.612. The first-order valence-corrected chi connectivity index (χ1v) is 15.2. The molecule has 3 aromatic heterocycles. The highest BCUT2D eigenvalue weighted by Crippen LogP contribution is 2.60. The number of hydrogen-bond donors (Lipinski definition) is 0. The highest BCUT2D eigenvalue weighted by Gasteiger charge is 2.56. The zero-order chi connectivity index (χ0) is 51.3. The summed E-state index contributed by atoms with van der Waals surface area (Å²) >= 11 is 0. The van der Waals surface area contributed by atoms with Crippen molar-refractivity contribution < 1.29 is 119 Å². The minimum atomic E-state index is -6.85. The van der Waals surface area contributed by atoms with Crippen molar-refractivity contribution >= 4 is 16.7 Å². The summed E-state index contributed by atoms with van der Waals surface area (Å²) in [6.07, 6.45) is -60.5. The van der Waals surface area contributed by atoms with E-state index in [1.165, 1.54) is 0 Å². The second-order valence-electron chi connectivity index (χ2n) is 11.9. The van der Waals surface area contributed by atoms with Gasteiger partial charge in [-0.3, -0.25) is 0 Å². The van der Waals surface area contributed by atoms with Gasteiger partial charge < -0.3 is 0 Å². The zero-order valence-electron chi connectivity index (χ0n) is 29.2. The molecule has 354 valence electrons. The fourth-order valence-electron chi connectivity index (χ4n) is 5.35. The van der Waals surface area contributed by atoms with Crippen molar-refractivity contribution in [2.75, 3.05) is 0 Å². The zero-order valence-corrected chi connectivity index (χ0v) is 29.2. The van der Waals surface area contributed by atoms with E-state index in [1.807, 2.05) is 0 Å². The van der Waals surface area contributed by atoms with Gasteiger partial charge in [-0.1, -0.05) is 0 Å². The number of halogens is 27. The van der Waals surface area contributed by atoms with Gasteiger partial charge in [-0.25, -0.2) is 29.9 Å². The van der Waals surface area contributed by atoms with Gasteiger partial charge in [0.25, 0.3) is 0 Å². The van der Waals surface area contributed by atoms with Crippen LogP contribution in [0.5, 0.6) is 0 Å². The molecule has 1 aliphatic carbocycles. The van der Waals surface area contributed by atoms with E-state index in [1.54, 1.807) is 29.9 Å². The van der Waals surface area contributed by atoms with Gasteiger partial charge >= 0.3 is 55.6 Å². The van der Waals surface area contributed by atoms with Crippen LogP contribution in [0.1, 0.15) is 68.3 Å². The number of hydrogen-bond acceptors (Lipinski definition) is 9. The van der Waals surface area contributed by atoms with Crippen molar-refractivity contribution in [1.82, 2.24) is 29.9 Å². The quantitative estimate of drug-likeness (QED) is 0.185. The van der Waals surface area contributed by atoms with Crippen LogP contribution >= 0.6 is 0 Å². The minimum absolute atomic E-state index is 0.204. The van der Waals surface area contributed by atoms with Crippen LogP contribution in [0, 0.1) is 34.0 Å². The standard InChI is InChI=1S/C30F27N9/c31-22(32,33)13-10(14(23(34,35)36)62-19(61-13)28(49,50)51)4(1-58)7-8(5(2-59)11-15(24(37,38)39)63-20(29(52,53)54)64-16(11)25(40,41)42)9(7)6(3-60)12-17(26(43,44)45)65-21(30(55,56)57)66-18(12)27(46,47)48. The third-order valence-corrected chi connectivity index (χ3v) is 7.62. The first-order chi connectivity index (χ1) is 29.3. The molecule has 0 aromatic carbocycles. The van der Waals surface area contributed by atoms with E-state index in [4.69, 9.17) is 0 Å². The first kappa shape index (κ1) is 51.7. The Morgan fingerprint density at radius 2 is 0.394 bits per heavy atom. The largest absolute Gasteiger partial charge is 0.451 e. The second-order valence-corrected chi connectivity index (χ2v) is 11.9. The normalized spacial score (nSPS) is 14.5. The van der Waals surface area contributed by atoms with Gasteiger partial charge in [-0.15, -0.1) is 0 Å². The average Bonchev–Trinajstić information content (AvgIpc) is 3.81. The molecule has 1 saturated carbocycles. The Kier molecular flexibility index (Phi) is 12.2. The summed E-state index contributed by atoms with van der Waals surface area (Å²) in [5.74, 6) is -10.3. The molecule has 9 nitrogen and oxygen atoms in total. The number of alkyl halides is 27. The van der Waals surface area contributed by atoms with E-state index in [0.29, 0.717) is 0 Å². The fraction of sp³-hybridized carbons (Fsp3) is 0.300. The van der Waals surface area contributed by atoms with Crippen LogP contribution in [0.15, 0.2) is 16.7 Å². The number of allylic oxidation sites excluding steroid dienone is 6. The maximum Gasteiger partial charge on any atom is 0.451 e. The van der Waals surface area contributed by atoms with Gasteiger partial charge in [-0.2, -0.15) is 134 Å². The Morgan fingerprint density at radius 1 is 0.258 bits per heavy atom. The van der Waals surface area contributed by atoms with Crippen molar-refractivity contribution in [2.24, 2.45) is 0 Å². The van der Waals surface area contributed by atoms with E-state index in [2.05, 4.69) is 0 Å². The molecule has 0 N–H and O–H groups in total. The van der Waals surface area contributed by atoms with Crippen LogP contribution in [-0.2, 0) is 55.6 Å². The second kappa shape index (κ2) is 15.6. The third-order valence-electron chi connectivity index (χ3n) is 7.62. The Labute approximate surface area is 340 Å². The molecule has 0 bridgehead atoms. The molecule has 1 fully saturated rings. The van der Waals surface area contributed by atoms with Crippen molar-refractivity contribution in [3.8, 4) is 18.2 Å². The molecule has 0 atom stereocenters. The lowest BCUT2D eigenvalue weighted by Gasteiger charge is -2.19. The lowest BCUT2D eigenvalue weighted by Crippen LogP contribution is -2.25. The third kappa shape index (κ3) is 9.82. The lowest BCUT2D eigenvalue weighted by atomic mass is 9.98. The first-order valence-electron chi connectivity index (χ1n) is 15.2. The number of aromatic nitrogens is 6. The van der Waals surface area contributed by atoms with Gasteiger partial charge in [0.2, 0.25) is 17.5 Å². The summed E-state index contributed by atoms with van der Waals surface area (Å²) in [7, 11) is 0. The summed E-state index contributed by atoms with van der Waals surface area (Å²) in [5.41, 5.74) is -49.0. The van der Waals surface area contributed by atoms with E-state index in [0.717, 1.165) is 0 Å². The molecular weight excluding hydrogens is 999 g/mol. The van der Waals surface area contributed by atoms with Crippen LogP contribution in [0.2, 0.25) is 0 Å². The topological polar surface area (TPSA) is 149 Å². The van der Waals surface area contributed by atoms with Crippen molar-refractivity contribution in [2.45, 2.75) is 55.6 Å². The number of rotatable bonds is 3. The van der Waals surface area contributed by atoms with Gasteiger partial charge in [0.05, 0.1) is 33.4 Å². The lowest BCUT2D eigenvalue weighted by molar-refractivity contribution is -0.162. The maximum absolute atomic E-state index is 14.3. The van der Waals surface area contributed by atoms with Crippen LogP contribution in [0.4, 0.5) is 119 Å². The molecule has 0 radical (unpaired) electrons. The molecule has 1 aliphatic rings. The molecule has 0 amide bonds. The van der Waals surface area contributed by atoms with E-state index >= 15 is 0 Å². The molecule has 0 aliphatic heterocycles. The van der Waals surface area contributed by atoms with Crippen molar-refractivity contribution in [3.05, 3.63) is 85.0 Å². The smallest absolute Gasteiger partial charge is 0.219 e. The molecule has 3 heterocycles. The average molecular weight is 999 g/mol. The van der Waals surface area contributed by atoms with Gasteiger partial charge in [0.1, 0.15) is 18.2 Å². The predicted molar refractivity (Wildman–Crippen MR) is 149 cm³/mol. The summed E-state index contributed by atoms with van der Waals surface area (Å²) in [4.78, 5) is 10.6. The molecule has 0 spiro atoms. The summed E-state index contributed by atoms with van der Waals surface area (Å²) < 4.78 is 380. The Bertz CT molecular complexity index is 2330. The van der Waals surface area contributed by atoms with Gasteiger partial charge in [-0.05, 0) is 0 Å². The molecule has 66 heavy (non-hydrogen) atoms. The van der Waals surface area contributed by atoms with Gasteiger partial charge in [0, 0.05) is 16.7 Å². The maximum atomic E-state index is 14.3. The van der Waals surface area contributed by atoms with Crippen molar-refractivity contribution in [3.63, 3.8) is 0 Å². The highest BCUT2D eigenvalue weighted by molar-refractivity contribution is 6.13. The monoisotopic (exact) mass is 999 g/mol. The van der Waals surface area contributed by atoms with E-state index in [-0.39, 0.29) is 18.2 Å². The summed E-state index contributed by atoms with van der Waals surface area (Å²) in [5, 5.41) is 29.8. The number of nitriles is 3. The van der Waals surface area contributed by atoms with Crippen LogP contribution < -0.4 is 0 Å². The molecule has 36 heteroatoms. The SMILES string of the molecule is N#CC(=C1C(=C(C#N)c2c(C(F)(F)F)nc(C(F)(F)F)nc2C(F)(F)F)C1=C(C#N)c1c(C(F)(F)F)nc(C(F)(F)F)nc1C(F)(F)F)c1c(C(F)(F)F)nc(C(F)(F)F)nc1C(F)(F)F. The summed E-state index contributed by atoms with van der Waals surface area (Å²) in [6.45, 7) is 0. The molecule has 3 aromatic rings. The fourth-order valence-corrected chi connectivity index (χ4v) is 5.35. The van der Waals surface area contributed by atoms with Crippen LogP contribution in [-0.4, -0.2) is 29.9 Å². The van der Waals surface area contributed by atoms with E-state index in [9.17, 15) is 134 Å². The number of nitrogens with zero attached hydrogens (tertiary/aromatic N) is 9. The molecule has 0 unspecified atom stereocenters. The predicted octanol–water partition coefficient (Wildman–Crippen LogP) is 11.5. The Morgan fingerprint density at radius 3 is 0.485 bits per heavy atom. The van der Waals surface area contributed by atoms with Crippen molar-refractivity contribution in [1.29, 1.82) is 15.8 Å². The Hall–Kier alpha value is -6.96. The van der Waals surface area contributed by atoms with E-state index < -0.39 is 157 Å². The molecule has 0 saturated heterocycles. The molecule has 4 rings (SSSR count). The van der Waals surface area contributed by atoms with Gasteiger partial charge in [0.15, 0.2) is 34.2 Å². The molecular formula is C30F27N9. The Balaban J connectivity index is 2.63. The van der Waals surface area contributed by atoms with Crippen LogP contribution in [0.3, 0.4) is 0 Å². The minimum Gasteiger partial charge on any atom is -0.219 e. The highest BCUT2D eigenvalue weighted by atomic mass is 19.4.